The Morgan fingerprint density at radius 1 is 1.13 bits per heavy atom. The van der Waals surface area contributed by atoms with Crippen molar-refractivity contribution in [3.63, 3.8) is 0 Å². The van der Waals surface area contributed by atoms with Crippen LogP contribution in [0, 0.1) is 0 Å². The quantitative estimate of drug-likeness (QED) is 0.420. The minimum atomic E-state index is -0.339. The molecule has 0 radical (unpaired) electrons. The van der Waals surface area contributed by atoms with Crippen molar-refractivity contribution in [3.8, 4) is 5.69 Å². The van der Waals surface area contributed by atoms with E-state index in [2.05, 4.69) is 20.2 Å². The van der Waals surface area contributed by atoms with Crippen LogP contribution in [-0.4, -0.2) is 24.7 Å². The molecule has 0 aliphatic carbocycles. The largest absolute Gasteiger partial charge is 0.348 e. The molecule has 0 saturated carbocycles. The van der Waals surface area contributed by atoms with Gasteiger partial charge in [-0.1, -0.05) is 35.0 Å². The second-order valence-electron chi connectivity index (χ2n) is 4.36. The lowest BCUT2D eigenvalue weighted by molar-refractivity contribution is 0.869. The van der Waals surface area contributed by atoms with Crippen LogP contribution in [0.25, 0.3) is 5.69 Å². The third kappa shape index (κ3) is 3.87. The molecule has 0 atom stereocenters. The van der Waals surface area contributed by atoms with Crippen LogP contribution < -0.4 is 5.69 Å². The summed E-state index contributed by atoms with van der Waals surface area (Å²) >= 11 is 18.8. The number of benzene rings is 1. The lowest BCUT2D eigenvalue weighted by Gasteiger charge is -2.05. The van der Waals surface area contributed by atoms with Crippen LogP contribution >= 0.6 is 46.6 Å². The van der Waals surface area contributed by atoms with Crippen molar-refractivity contribution in [2.45, 2.75) is 10.9 Å². The molecule has 0 bridgehead atoms. The maximum Gasteiger partial charge on any atom is 0.348 e. The number of halogens is 3. The molecular weight excluding hydrogens is 381 g/mol. The summed E-state index contributed by atoms with van der Waals surface area (Å²) in [5.41, 5.74) is 0.959. The van der Waals surface area contributed by atoms with Crippen molar-refractivity contribution in [2.75, 3.05) is 0 Å². The summed E-state index contributed by atoms with van der Waals surface area (Å²) in [4.78, 5) is 19.8. The molecule has 1 aromatic carbocycles. The molecule has 0 amide bonds. The molecule has 2 aromatic heterocycles. The van der Waals surface area contributed by atoms with Gasteiger partial charge in [-0.25, -0.2) is 24.4 Å². The number of nitrogens with one attached hydrogen (secondary N) is 1. The van der Waals surface area contributed by atoms with Gasteiger partial charge in [0, 0.05) is 10.8 Å². The topological polar surface area (TPSA) is 76.5 Å². The van der Waals surface area contributed by atoms with Gasteiger partial charge in [0.05, 0.1) is 11.4 Å². The molecule has 3 rings (SSSR count). The minimum Gasteiger partial charge on any atom is -0.246 e. The zero-order chi connectivity index (χ0) is 16.4. The predicted octanol–water partition coefficient (Wildman–Crippen LogP) is 3.60. The van der Waals surface area contributed by atoms with E-state index in [1.807, 2.05) is 0 Å². The molecule has 0 unspecified atom stereocenters. The van der Waals surface area contributed by atoms with Crippen LogP contribution in [0.5, 0.6) is 0 Å². The minimum absolute atomic E-state index is 0.0743. The smallest absolute Gasteiger partial charge is 0.246 e. The van der Waals surface area contributed by atoms with E-state index in [9.17, 15) is 4.79 Å². The Bertz CT molecular complexity index is 873. The molecule has 0 aliphatic rings. The van der Waals surface area contributed by atoms with Crippen LogP contribution in [0.1, 0.15) is 5.69 Å². The highest BCUT2D eigenvalue weighted by Crippen LogP contribution is 2.23. The number of hydrogen-bond acceptors (Lipinski definition) is 5. The first-order valence-corrected chi connectivity index (χ1v) is 8.40. The predicted molar refractivity (Wildman–Crippen MR) is 90.8 cm³/mol. The molecule has 3 aromatic rings. The van der Waals surface area contributed by atoms with Gasteiger partial charge in [0.25, 0.3) is 0 Å². The van der Waals surface area contributed by atoms with E-state index in [0.717, 1.165) is 0 Å². The van der Waals surface area contributed by atoms with Crippen molar-refractivity contribution in [3.05, 3.63) is 62.0 Å². The van der Waals surface area contributed by atoms with Crippen LogP contribution in [0.3, 0.4) is 0 Å². The van der Waals surface area contributed by atoms with E-state index in [1.165, 1.54) is 16.3 Å². The Kier molecular flexibility index (Phi) is 4.91. The zero-order valence-electron chi connectivity index (χ0n) is 11.3. The average Bonchev–Trinajstić information content (AvgIpc) is 2.86. The fourth-order valence-corrected chi connectivity index (χ4v) is 3.27. The van der Waals surface area contributed by atoms with E-state index in [-0.39, 0.29) is 16.1 Å². The molecular formula is C13H8Cl3N5OS. The number of aromatic nitrogens is 5. The number of thioether (sulfide) groups is 1. The Morgan fingerprint density at radius 2 is 1.87 bits per heavy atom. The average molecular weight is 389 g/mol. The lowest BCUT2D eigenvalue weighted by atomic mass is 10.3. The fourth-order valence-electron chi connectivity index (χ4n) is 1.84. The number of H-pyrrole nitrogens is 1. The van der Waals surface area contributed by atoms with Gasteiger partial charge in [-0.15, -0.1) is 5.10 Å². The molecule has 118 valence electrons. The first-order valence-electron chi connectivity index (χ1n) is 6.28. The van der Waals surface area contributed by atoms with Crippen molar-refractivity contribution >= 4 is 46.6 Å². The van der Waals surface area contributed by atoms with Gasteiger partial charge in [0.15, 0.2) is 5.16 Å². The van der Waals surface area contributed by atoms with Gasteiger partial charge in [0.1, 0.15) is 5.15 Å². The van der Waals surface area contributed by atoms with Gasteiger partial charge < -0.3 is 0 Å². The van der Waals surface area contributed by atoms with E-state index in [4.69, 9.17) is 34.8 Å². The summed E-state index contributed by atoms with van der Waals surface area (Å²) in [5, 5.41) is 7.86. The summed E-state index contributed by atoms with van der Waals surface area (Å²) in [5.74, 6) is 0.430. The Labute approximate surface area is 149 Å². The normalized spacial score (nSPS) is 10.9. The summed E-state index contributed by atoms with van der Waals surface area (Å²) in [6.45, 7) is 0. The Morgan fingerprint density at radius 3 is 2.57 bits per heavy atom. The number of hydrogen-bond donors (Lipinski definition) is 1. The van der Waals surface area contributed by atoms with Gasteiger partial charge in [0.2, 0.25) is 5.28 Å². The lowest BCUT2D eigenvalue weighted by Crippen LogP contribution is -2.15. The highest BCUT2D eigenvalue weighted by molar-refractivity contribution is 7.98. The molecule has 1 N–H and O–H groups in total. The molecule has 0 saturated heterocycles. The molecule has 0 aliphatic heterocycles. The van der Waals surface area contributed by atoms with Crippen molar-refractivity contribution in [2.24, 2.45) is 0 Å². The van der Waals surface area contributed by atoms with Crippen molar-refractivity contribution < 1.29 is 0 Å². The fraction of sp³-hybridized carbons (Fsp3) is 0.0769. The Hall–Kier alpha value is -1.54. The highest BCUT2D eigenvalue weighted by atomic mass is 35.5. The first kappa shape index (κ1) is 16.3. The summed E-state index contributed by atoms with van der Waals surface area (Å²) < 4.78 is 1.45. The van der Waals surface area contributed by atoms with Crippen molar-refractivity contribution in [1.29, 1.82) is 0 Å². The van der Waals surface area contributed by atoms with Gasteiger partial charge in [-0.3, -0.25) is 0 Å². The molecule has 10 heteroatoms. The standard InChI is InChI=1S/C13H8Cl3N5OS/c14-7-1-3-9(4-2-7)21-12(22)19-20-13(21)23-6-8-5-10(15)18-11(16)17-8/h1-5H,6H2,(H,19,22). The SMILES string of the molecule is O=c1[nH]nc(SCc2cc(Cl)nc(Cl)n2)n1-c1ccc(Cl)cc1. The van der Waals surface area contributed by atoms with Crippen molar-refractivity contribution in [1.82, 2.24) is 24.7 Å². The monoisotopic (exact) mass is 387 g/mol. The zero-order valence-corrected chi connectivity index (χ0v) is 14.4. The summed E-state index contributed by atoms with van der Waals surface area (Å²) in [6, 6.07) is 8.49. The maximum atomic E-state index is 12.0. The third-order valence-electron chi connectivity index (χ3n) is 2.80. The van der Waals surface area contributed by atoms with Crippen LogP contribution in [0.4, 0.5) is 0 Å². The number of aromatic amines is 1. The van der Waals surface area contributed by atoms with E-state index in [0.29, 0.717) is 27.3 Å². The van der Waals surface area contributed by atoms with Crippen LogP contribution in [-0.2, 0) is 5.75 Å². The molecule has 0 spiro atoms. The second-order valence-corrected chi connectivity index (χ2v) is 6.47. The molecule has 0 fully saturated rings. The summed E-state index contributed by atoms with van der Waals surface area (Å²) in [7, 11) is 0. The highest BCUT2D eigenvalue weighted by Gasteiger charge is 2.12. The van der Waals surface area contributed by atoms with Crippen LogP contribution in [0.2, 0.25) is 15.5 Å². The van der Waals surface area contributed by atoms with Crippen LogP contribution in [0.15, 0.2) is 40.3 Å². The van der Waals surface area contributed by atoms with E-state index in [1.54, 1.807) is 30.3 Å². The Balaban J connectivity index is 1.87. The second kappa shape index (κ2) is 6.92. The summed E-state index contributed by atoms with van der Waals surface area (Å²) in [6.07, 6.45) is 0. The number of nitrogens with zero attached hydrogens (tertiary/aromatic N) is 4. The third-order valence-corrected chi connectivity index (χ3v) is 4.38. The molecule has 2 heterocycles. The molecule has 6 nitrogen and oxygen atoms in total. The van der Waals surface area contributed by atoms with Gasteiger partial charge >= 0.3 is 5.69 Å². The molecule has 23 heavy (non-hydrogen) atoms. The van der Waals surface area contributed by atoms with Gasteiger partial charge in [-0.2, -0.15) is 0 Å². The van der Waals surface area contributed by atoms with E-state index >= 15 is 0 Å². The van der Waals surface area contributed by atoms with Gasteiger partial charge in [-0.05, 0) is 41.9 Å². The first-order chi connectivity index (χ1) is 11.0. The van der Waals surface area contributed by atoms with E-state index < -0.39 is 0 Å². The maximum absolute atomic E-state index is 12.0. The number of rotatable bonds is 4.